The fourth-order valence-electron chi connectivity index (χ4n) is 2.03. The number of sulfone groups is 1. The number of rotatable bonds is 2. The Morgan fingerprint density at radius 2 is 2.20 bits per heavy atom. The number of anilines is 1. The predicted octanol–water partition coefficient (Wildman–Crippen LogP) is -0.334. The van der Waals surface area contributed by atoms with Gasteiger partial charge in [-0.3, -0.25) is 14.6 Å². The lowest BCUT2D eigenvalue weighted by molar-refractivity contribution is -0.143. The van der Waals surface area contributed by atoms with Crippen molar-refractivity contribution in [2.75, 3.05) is 23.9 Å². The lowest BCUT2D eigenvalue weighted by Gasteiger charge is -2.22. The fourth-order valence-corrected chi connectivity index (χ4v) is 3.80. The molecule has 7 nitrogen and oxygen atoms in total. The third-order valence-electron chi connectivity index (χ3n) is 3.19. The molecular formula is C12H15N3O4S. The molecule has 0 aromatic carbocycles. The summed E-state index contributed by atoms with van der Waals surface area (Å²) in [6.07, 6.45) is 3.34. The van der Waals surface area contributed by atoms with Gasteiger partial charge in [-0.1, -0.05) is 0 Å². The van der Waals surface area contributed by atoms with Gasteiger partial charge in [0, 0.05) is 19.3 Å². The molecule has 0 aliphatic carbocycles. The number of pyridine rings is 1. The summed E-state index contributed by atoms with van der Waals surface area (Å²) < 4.78 is 22.8. The molecule has 1 aromatic rings. The number of nitrogens with zero attached hydrogens (tertiary/aromatic N) is 2. The SMILES string of the molecule is CN(C(=O)C(=O)Nc1cccnc1)C1CCS(=O)(=O)C1. The normalized spacial score (nSPS) is 20.4. The van der Waals surface area contributed by atoms with Gasteiger partial charge < -0.3 is 10.2 Å². The van der Waals surface area contributed by atoms with Crippen molar-refractivity contribution in [1.29, 1.82) is 0 Å². The maximum absolute atomic E-state index is 11.9. The Hall–Kier alpha value is -1.96. The molecule has 1 aliphatic rings. The summed E-state index contributed by atoms with van der Waals surface area (Å²) in [5.74, 6) is -1.59. The van der Waals surface area contributed by atoms with E-state index in [1.165, 1.54) is 18.1 Å². The lowest BCUT2D eigenvalue weighted by Crippen LogP contribution is -2.43. The van der Waals surface area contributed by atoms with Crippen molar-refractivity contribution >= 4 is 27.3 Å². The van der Waals surface area contributed by atoms with E-state index >= 15 is 0 Å². The van der Waals surface area contributed by atoms with Gasteiger partial charge in [0.15, 0.2) is 9.84 Å². The van der Waals surface area contributed by atoms with E-state index < -0.39 is 27.7 Å². The third-order valence-corrected chi connectivity index (χ3v) is 4.94. The Labute approximate surface area is 116 Å². The van der Waals surface area contributed by atoms with Gasteiger partial charge >= 0.3 is 11.8 Å². The van der Waals surface area contributed by atoms with Gasteiger partial charge in [-0.25, -0.2) is 8.42 Å². The fraction of sp³-hybridized carbons (Fsp3) is 0.417. The van der Waals surface area contributed by atoms with Crippen LogP contribution >= 0.6 is 0 Å². The minimum atomic E-state index is -3.09. The zero-order chi connectivity index (χ0) is 14.8. The van der Waals surface area contributed by atoms with Crippen molar-refractivity contribution < 1.29 is 18.0 Å². The average Bonchev–Trinajstić information content (AvgIpc) is 2.78. The van der Waals surface area contributed by atoms with E-state index in [1.807, 2.05) is 0 Å². The highest BCUT2D eigenvalue weighted by Crippen LogP contribution is 2.16. The van der Waals surface area contributed by atoms with Crippen molar-refractivity contribution in [1.82, 2.24) is 9.88 Å². The summed E-state index contributed by atoms with van der Waals surface area (Å²) in [5, 5.41) is 2.42. The van der Waals surface area contributed by atoms with Crippen LogP contribution in [0.1, 0.15) is 6.42 Å². The van der Waals surface area contributed by atoms with Crippen LogP contribution in [0.15, 0.2) is 24.5 Å². The molecule has 0 spiro atoms. The molecule has 1 N–H and O–H groups in total. The first-order valence-corrected chi connectivity index (χ1v) is 7.90. The van der Waals surface area contributed by atoms with E-state index in [1.54, 1.807) is 18.3 Å². The molecule has 1 aromatic heterocycles. The number of nitrogens with one attached hydrogen (secondary N) is 1. The van der Waals surface area contributed by atoms with Crippen molar-refractivity contribution in [3.63, 3.8) is 0 Å². The Morgan fingerprint density at radius 3 is 2.75 bits per heavy atom. The zero-order valence-corrected chi connectivity index (χ0v) is 11.8. The highest BCUT2D eigenvalue weighted by molar-refractivity contribution is 7.91. The summed E-state index contributed by atoms with van der Waals surface area (Å²) in [4.78, 5) is 28.7. The first-order chi connectivity index (χ1) is 9.39. The summed E-state index contributed by atoms with van der Waals surface area (Å²) in [5.41, 5.74) is 0.415. The molecule has 2 rings (SSSR count). The summed E-state index contributed by atoms with van der Waals surface area (Å²) in [6.45, 7) is 0. The molecule has 0 radical (unpaired) electrons. The monoisotopic (exact) mass is 297 g/mol. The maximum Gasteiger partial charge on any atom is 0.313 e. The highest BCUT2D eigenvalue weighted by atomic mass is 32.2. The van der Waals surface area contributed by atoms with Crippen molar-refractivity contribution in [3.8, 4) is 0 Å². The molecule has 2 heterocycles. The van der Waals surface area contributed by atoms with Crippen LogP contribution in [0.25, 0.3) is 0 Å². The largest absolute Gasteiger partial charge is 0.333 e. The molecule has 8 heteroatoms. The van der Waals surface area contributed by atoms with Crippen molar-refractivity contribution in [3.05, 3.63) is 24.5 Å². The summed E-state index contributed by atoms with van der Waals surface area (Å²) in [6, 6.07) is 2.80. The minimum absolute atomic E-state index is 0.0551. The lowest BCUT2D eigenvalue weighted by atomic mass is 10.2. The van der Waals surface area contributed by atoms with Gasteiger partial charge in [-0.05, 0) is 18.6 Å². The quantitative estimate of drug-likeness (QED) is 0.754. The van der Waals surface area contributed by atoms with E-state index in [2.05, 4.69) is 10.3 Å². The van der Waals surface area contributed by atoms with Gasteiger partial charge in [-0.2, -0.15) is 0 Å². The zero-order valence-electron chi connectivity index (χ0n) is 10.9. The first-order valence-electron chi connectivity index (χ1n) is 6.07. The van der Waals surface area contributed by atoms with E-state index in [0.29, 0.717) is 12.1 Å². The molecular weight excluding hydrogens is 282 g/mol. The summed E-state index contributed by atoms with van der Waals surface area (Å²) in [7, 11) is -1.65. The van der Waals surface area contributed by atoms with Gasteiger partial charge in [0.1, 0.15) is 0 Å². The molecule has 0 bridgehead atoms. The third kappa shape index (κ3) is 3.32. The minimum Gasteiger partial charge on any atom is -0.333 e. The molecule has 1 saturated heterocycles. The van der Waals surface area contributed by atoms with Gasteiger partial charge in [0.05, 0.1) is 23.4 Å². The Morgan fingerprint density at radius 1 is 1.45 bits per heavy atom. The molecule has 1 atom stereocenters. The summed E-state index contributed by atoms with van der Waals surface area (Å²) >= 11 is 0. The topological polar surface area (TPSA) is 96.4 Å². The number of hydrogen-bond acceptors (Lipinski definition) is 5. The number of likely N-dealkylation sites (N-methyl/N-ethyl adjacent to an activating group) is 1. The van der Waals surface area contributed by atoms with Crippen LogP contribution in [-0.4, -0.2) is 54.7 Å². The van der Waals surface area contributed by atoms with E-state index in [-0.39, 0.29) is 11.5 Å². The molecule has 2 amide bonds. The van der Waals surface area contributed by atoms with Crippen molar-refractivity contribution in [2.45, 2.75) is 12.5 Å². The smallest absolute Gasteiger partial charge is 0.313 e. The van der Waals surface area contributed by atoms with Crippen molar-refractivity contribution in [2.24, 2.45) is 0 Å². The second kappa shape index (κ2) is 5.58. The van der Waals surface area contributed by atoms with E-state index in [4.69, 9.17) is 0 Å². The van der Waals surface area contributed by atoms with Crippen LogP contribution in [0.2, 0.25) is 0 Å². The predicted molar refractivity (Wildman–Crippen MR) is 72.7 cm³/mol. The number of hydrogen-bond donors (Lipinski definition) is 1. The Kier molecular flexibility index (Phi) is 4.03. The van der Waals surface area contributed by atoms with E-state index in [0.717, 1.165) is 0 Å². The highest BCUT2D eigenvalue weighted by Gasteiger charge is 2.34. The number of carbonyl (C=O) groups is 2. The molecule has 20 heavy (non-hydrogen) atoms. The maximum atomic E-state index is 11.9. The van der Waals surface area contributed by atoms with Crippen LogP contribution in [0.5, 0.6) is 0 Å². The van der Waals surface area contributed by atoms with Crippen LogP contribution in [-0.2, 0) is 19.4 Å². The van der Waals surface area contributed by atoms with Crippen LogP contribution in [0, 0.1) is 0 Å². The molecule has 1 fully saturated rings. The van der Waals surface area contributed by atoms with Crippen LogP contribution in [0.3, 0.4) is 0 Å². The molecule has 108 valence electrons. The van der Waals surface area contributed by atoms with E-state index in [9.17, 15) is 18.0 Å². The molecule has 1 unspecified atom stereocenters. The standard InChI is InChI=1S/C12H15N3O4S/c1-15(10-4-6-20(18,19)8-10)12(17)11(16)14-9-3-2-5-13-7-9/h2-3,5,7,10H,4,6,8H2,1H3,(H,14,16). The Balaban J connectivity index is 1.99. The first kappa shape index (κ1) is 14.4. The number of carbonyl (C=O) groups excluding carboxylic acids is 2. The van der Waals surface area contributed by atoms with Gasteiger partial charge in [-0.15, -0.1) is 0 Å². The Bertz CT molecular complexity index is 615. The number of aromatic nitrogens is 1. The van der Waals surface area contributed by atoms with Gasteiger partial charge in [0.25, 0.3) is 0 Å². The van der Waals surface area contributed by atoms with Gasteiger partial charge in [0.2, 0.25) is 0 Å². The second-order valence-electron chi connectivity index (χ2n) is 4.67. The second-order valence-corrected chi connectivity index (χ2v) is 6.90. The molecule has 0 saturated carbocycles. The molecule has 1 aliphatic heterocycles. The van der Waals surface area contributed by atoms with Crippen LogP contribution in [0.4, 0.5) is 5.69 Å². The average molecular weight is 297 g/mol. The number of amides is 2. The van der Waals surface area contributed by atoms with Crippen LogP contribution < -0.4 is 5.32 Å².